The third-order valence-corrected chi connectivity index (χ3v) is 12.5. The van der Waals surface area contributed by atoms with Crippen LogP contribution in [-0.2, 0) is 6.42 Å². The average molecular weight is 781 g/mol. The summed E-state index contributed by atoms with van der Waals surface area (Å²) in [6.07, 6.45) is 4.05. The van der Waals surface area contributed by atoms with E-state index < -0.39 is 0 Å². The van der Waals surface area contributed by atoms with Crippen LogP contribution in [-0.4, -0.2) is 4.57 Å². The number of anilines is 2. The lowest BCUT2D eigenvalue weighted by Crippen LogP contribution is -2.19. The SMILES string of the molecule is C1=C(N(c2ccc(-c3ccc(-c4ccccc4)cc3)cc2)c2ccc(-c3ccc4c(c3)c3ccccc3n4-c3ccccc3)c3ccccc23)CCc2oc3ccccc3c21. The number of furan rings is 1. The highest BCUT2D eigenvalue weighted by Gasteiger charge is 2.25. The van der Waals surface area contributed by atoms with Gasteiger partial charge in [-0.3, -0.25) is 0 Å². The third-order valence-electron chi connectivity index (χ3n) is 12.5. The van der Waals surface area contributed by atoms with Crippen molar-refractivity contribution in [2.45, 2.75) is 12.8 Å². The number of benzene rings is 9. The molecular weight excluding hydrogens is 741 g/mol. The molecule has 0 aliphatic heterocycles. The molecule has 61 heavy (non-hydrogen) atoms. The van der Waals surface area contributed by atoms with E-state index >= 15 is 0 Å². The predicted molar refractivity (Wildman–Crippen MR) is 256 cm³/mol. The molecule has 0 fully saturated rings. The number of nitrogens with zero attached hydrogens (tertiary/aromatic N) is 2. The van der Waals surface area contributed by atoms with Gasteiger partial charge in [-0.15, -0.1) is 0 Å². The van der Waals surface area contributed by atoms with E-state index in [9.17, 15) is 0 Å². The van der Waals surface area contributed by atoms with Gasteiger partial charge in [-0.1, -0.05) is 158 Å². The molecule has 0 saturated carbocycles. The van der Waals surface area contributed by atoms with Gasteiger partial charge in [-0.05, 0) is 106 Å². The Bertz CT molecular complexity index is 3450. The minimum Gasteiger partial charge on any atom is -0.460 e. The van der Waals surface area contributed by atoms with E-state index in [4.69, 9.17) is 4.42 Å². The molecule has 0 radical (unpaired) electrons. The minimum atomic E-state index is 0.838. The Kier molecular flexibility index (Phi) is 8.31. The van der Waals surface area contributed by atoms with Gasteiger partial charge in [-0.2, -0.15) is 0 Å². The van der Waals surface area contributed by atoms with Crippen LogP contribution in [0.25, 0.3) is 88.7 Å². The smallest absolute Gasteiger partial charge is 0.134 e. The quantitative estimate of drug-likeness (QED) is 0.161. The molecule has 1 aliphatic rings. The summed E-state index contributed by atoms with van der Waals surface area (Å²) in [5.41, 5.74) is 16.5. The Morgan fingerprint density at radius 3 is 1.74 bits per heavy atom. The normalized spacial score (nSPS) is 12.6. The first-order chi connectivity index (χ1) is 30.2. The maximum Gasteiger partial charge on any atom is 0.134 e. The van der Waals surface area contributed by atoms with E-state index in [-0.39, 0.29) is 0 Å². The number of aryl methyl sites for hydroxylation is 1. The summed E-state index contributed by atoms with van der Waals surface area (Å²) in [5.74, 6) is 1.06. The zero-order valence-corrected chi connectivity index (χ0v) is 33.5. The van der Waals surface area contributed by atoms with Crippen molar-refractivity contribution >= 4 is 61.0 Å². The van der Waals surface area contributed by atoms with Crippen molar-refractivity contribution in [3.63, 3.8) is 0 Å². The second kappa shape index (κ2) is 14.4. The van der Waals surface area contributed by atoms with Gasteiger partial charge >= 0.3 is 0 Å². The first kappa shape index (κ1) is 35.1. The standard InChI is InChI=1S/C58H40N2O/c1-3-13-39(14-4-1)40-23-25-41(26-24-40)42-27-30-45(31-28-42)59(46-32-36-58-53(38-46)51-20-10-12-22-57(51)61-58)55-35-33-47(48-17-7-8-18-49(48)55)43-29-34-56-52(37-43)50-19-9-11-21-54(50)60(56)44-15-5-2-6-16-44/h1-31,33-35,37-38H,32,36H2. The predicted octanol–water partition coefficient (Wildman–Crippen LogP) is 15.8. The minimum absolute atomic E-state index is 0.838. The largest absolute Gasteiger partial charge is 0.460 e. The Hall–Kier alpha value is -7.88. The van der Waals surface area contributed by atoms with E-state index in [0.29, 0.717) is 0 Å². The van der Waals surface area contributed by atoms with Crippen LogP contribution < -0.4 is 4.90 Å². The van der Waals surface area contributed by atoms with Crippen molar-refractivity contribution in [2.75, 3.05) is 4.90 Å². The van der Waals surface area contributed by atoms with Crippen molar-refractivity contribution in [3.8, 4) is 39.1 Å². The highest BCUT2D eigenvalue weighted by molar-refractivity contribution is 6.12. The molecule has 0 saturated heterocycles. The molecule has 9 aromatic carbocycles. The number of rotatable bonds is 7. The maximum atomic E-state index is 6.39. The number of hydrogen-bond donors (Lipinski definition) is 0. The first-order valence-electron chi connectivity index (χ1n) is 21.1. The van der Waals surface area contributed by atoms with Gasteiger partial charge in [0.05, 0.1) is 16.7 Å². The van der Waals surface area contributed by atoms with Gasteiger partial charge < -0.3 is 13.9 Å². The lowest BCUT2D eigenvalue weighted by atomic mass is 9.94. The number of fused-ring (bicyclic) bond motifs is 7. The Balaban J connectivity index is 0.993. The van der Waals surface area contributed by atoms with Crippen molar-refractivity contribution in [1.82, 2.24) is 4.57 Å². The van der Waals surface area contributed by atoms with E-state index in [2.05, 4.69) is 228 Å². The fourth-order valence-electron chi connectivity index (χ4n) is 9.59. The number of aromatic nitrogens is 1. The van der Waals surface area contributed by atoms with Crippen LogP contribution in [0.3, 0.4) is 0 Å². The van der Waals surface area contributed by atoms with Gasteiger partial charge in [0.2, 0.25) is 0 Å². The lowest BCUT2D eigenvalue weighted by Gasteiger charge is -2.31. The summed E-state index contributed by atoms with van der Waals surface area (Å²) in [6.45, 7) is 0. The van der Waals surface area contributed by atoms with Crippen LogP contribution in [0.4, 0.5) is 11.4 Å². The van der Waals surface area contributed by atoms with Gasteiger partial charge in [-0.25, -0.2) is 0 Å². The van der Waals surface area contributed by atoms with Crippen LogP contribution in [0.2, 0.25) is 0 Å². The number of para-hydroxylation sites is 3. The fourth-order valence-corrected chi connectivity index (χ4v) is 9.59. The van der Waals surface area contributed by atoms with E-state index in [1.165, 1.54) is 77.2 Å². The van der Waals surface area contributed by atoms with Crippen molar-refractivity contribution in [2.24, 2.45) is 0 Å². The molecule has 1 aliphatic carbocycles. The molecule has 0 spiro atoms. The second-order valence-corrected chi connectivity index (χ2v) is 16.0. The molecule has 11 aromatic rings. The summed E-state index contributed by atoms with van der Waals surface area (Å²) in [4.78, 5) is 2.48. The third kappa shape index (κ3) is 5.97. The maximum absolute atomic E-state index is 6.39. The molecule has 288 valence electrons. The molecule has 12 rings (SSSR count). The Morgan fingerprint density at radius 1 is 0.410 bits per heavy atom. The van der Waals surface area contributed by atoms with Gasteiger partial charge in [0.1, 0.15) is 11.3 Å². The summed E-state index contributed by atoms with van der Waals surface area (Å²) < 4.78 is 8.77. The van der Waals surface area contributed by atoms with Crippen molar-refractivity contribution in [3.05, 3.63) is 229 Å². The zero-order chi connectivity index (χ0) is 40.3. The van der Waals surface area contributed by atoms with Gasteiger partial charge in [0.15, 0.2) is 0 Å². The summed E-state index contributed by atoms with van der Waals surface area (Å²) >= 11 is 0. The van der Waals surface area contributed by atoms with E-state index in [0.717, 1.165) is 46.6 Å². The van der Waals surface area contributed by atoms with Crippen molar-refractivity contribution in [1.29, 1.82) is 0 Å². The lowest BCUT2D eigenvalue weighted by molar-refractivity contribution is 0.542. The van der Waals surface area contributed by atoms with E-state index in [1.54, 1.807) is 0 Å². The van der Waals surface area contributed by atoms with Crippen LogP contribution in [0, 0.1) is 0 Å². The van der Waals surface area contributed by atoms with Crippen LogP contribution in [0.5, 0.6) is 0 Å². The first-order valence-corrected chi connectivity index (χ1v) is 21.1. The molecule has 0 bridgehead atoms. The van der Waals surface area contributed by atoms with Crippen LogP contribution >= 0.6 is 0 Å². The number of allylic oxidation sites excluding steroid dienone is 1. The van der Waals surface area contributed by atoms with Gasteiger partial charge in [0.25, 0.3) is 0 Å². The molecular formula is C58H40N2O. The molecule has 0 unspecified atom stereocenters. The highest BCUT2D eigenvalue weighted by atomic mass is 16.3. The molecule has 3 nitrogen and oxygen atoms in total. The van der Waals surface area contributed by atoms with Crippen molar-refractivity contribution < 1.29 is 4.42 Å². The molecule has 0 amide bonds. The molecule has 0 atom stereocenters. The highest BCUT2D eigenvalue weighted by Crippen LogP contribution is 2.45. The number of hydrogen-bond acceptors (Lipinski definition) is 2. The molecule has 2 aromatic heterocycles. The molecule has 3 heteroatoms. The topological polar surface area (TPSA) is 21.3 Å². The van der Waals surface area contributed by atoms with Gasteiger partial charge in [0, 0.05) is 50.6 Å². The molecule has 0 N–H and O–H groups in total. The monoisotopic (exact) mass is 780 g/mol. The summed E-state index contributed by atoms with van der Waals surface area (Å²) in [5, 5.41) is 6.08. The average Bonchev–Trinajstić information content (AvgIpc) is 3.88. The summed E-state index contributed by atoms with van der Waals surface area (Å²) in [7, 11) is 0. The summed E-state index contributed by atoms with van der Waals surface area (Å²) in [6, 6.07) is 76.9. The Labute approximate surface area is 354 Å². The fraction of sp³-hybridized carbons (Fsp3) is 0.0345. The van der Waals surface area contributed by atoms with Crippen LogP contribution in [0.1, 0.15) is 17.7 Å². The van der Waals surface area contributed by atoms with Crippen LogP contribution in [0.15, 0.2) is 222 Å². The van der Waals surface area contributed by atoms with E-state index in [1.807, 2.05) is 0 Å². The molecule has 2 heterocycles. The Morgan fingerprint density at radius 2 is 0.984 bits per heavy atom. The second-order valence-electron chi connectivity index (χ2n) is 16.0. The zero-order valence-electron chi connectivity index (χ0n) is 33.5.